The third-order valence-corrected chi connectivity index (χ3v) is 4.50. The summed E-state index contributed by atoms with van der Waals surface area (Å²) in [6.45, 7) is 3.58. The van der Waals surface area contributed by atoms with Crippen LogP contribution in [0.25, 0.3) is 22.2 Å². The van der Waals surface area contributed by atoms with Crippen molar-refractivity contribution >= 4 is 40.2 Å². The van der Waals surface area contributed by atoms with Crippen LogP contribution in [0.3, 0.4) is 0 Å². The number of hydrogen-bond acceptors (Lipinski definition) is 4. The molecule has 8 heteroatoms. The van der Waals surface area contributed by atoms with Crippen LogP contribution in [-0.2, 0) is 9.59 Å². The third kappa shape index (κ3) is 4.01. The molecule has 0 aliphatic rings. The molecule has 0 radical (unpaired) electrons. The molecule has 0 aliphatic carbocycles. The Morgan fingerprint density at radius 2 is 1.96 bits per heavy atom. The van der Waals surface area contributed by atoms with Gasteiger partial charge >= 0.3 is 6.09 Å². The number of rotatable bonds is 6. The normalized spacial score (nSPS) is 11.8. The van der Waals surface area contributed by atoms with Gasteiger partial charge < -0.3 is 15.4 Å². The van der Waals surface area contributed by atoms with Gasteiger partial charge in [-0.1, -0.05) is 26.0 Å². The molecule has 8 nitrogen and oxygen atoms in total. The zero-order valence-corrected chi connectivity index (χ0v) is 15.4. The second-order valence-electron chi connectivity index (χ2n) is 6.46. The van der Waals surface area contributed by atoms with Crippen molar-refractivity contribution in [3.63, 3.8) is 0 Å². The molecular formula is C20H20N4O4. The predicted molar refractivity (Wildman–Crippen MR) is 106 cm³/mol. The first kappa shape index (κ1) is 19.1. The van der Waals surface area contributed by atoms with Crippen LogP contribution in [0.4, 0.5) is 16.2 Å². The first-order valence-electron chi connectivity index (χ1n) is 8.81. The van der Waals surface area contributed by atoms with Crippen molar-refractivity contribution in [1.82, 2.24) is 9.97 Å². The molecule has 1 atom stereocenters. The van der Waals surface area contributed by atoms with Crippen LogP contribution in [0.5, 0.6) is 0 Å². The van der Waals surface area contributed by atoms with E-state index in [1.807, 2.05) is 13.0 Å². The minimum atomic E-state index is -1.17. The van der Waals surface area contributed by atoms with Gasteiger partial charge in [0.05, 0.1) is 11.9 Å². The smallest absolute Gasteiger partial charge is 0.409 e. The highest BCUT2D eigenvalue weighted by atomic mass is 16.4. The number of H-pyrrole nitrogens is 1. The lowest BCUT2D eigenvalue weighted by Gasteiger charge is -2.09. The van der Waals surface area contributed by atoms with Crippen molar-refractivity contribution in [2.75, 3.05) is 10.6 Å². The first-order valence-corrected chi connectivity index (χ1v) is 8.81. The number of pyridine rings is 1. The quantitative estimate of drug-likeness (QED) is 0.483. The number of fused-ring (bicyclic) bond motifs is 1. The van der Waals surface area contributed by atoms with Gasteiger partial charge in [-0.3, -0.25) is 14.9 Å². The Bertz CT molecular complexity index is 1060. The van der Waals surface area contributed by atoms with Crippen LogP contribution in [-0.4, -0.2) is 32.9 Å². The summed E-state index contributed by atoms with van der Waals surface area (Å²) < 4.78 is 0. The Morgan fingerprint density at radius 1 is 1.18 bits per heavy atom. The number of aromatic nitrogens is 2. The van der Waals surface area contributed by atoms with Gasteiger partial charge in [0.2, 0.25) is 5.78 Å². The topological polar surface area (TPSA) is 124 Å². The van der Waals surface area contributed by atoms with Crippen molar-refractivity contribution in [3.8, 4) is 11.1 Å². The van der Waals surface area contributed by atoms with Crippen LogP contribution < -0.4 is 10.6 Å². The lowest BCUT2D eigenvalue weighted by molar-refractivity contribution is -0.137. The predicted octanol–water partition coefficient (Wildman–Crippen LogP) is 3.87. The summed E-state index contributed by atoms with van der Waals surface area (Å²) in [4.78, 5) is 42.2. The number of nitrogens with zero attached hydrogens (tertiary/aromatic N) is 1. The number of carbonyl (C=O) groups is 3. The van der Waals surface area contributed by atoms with Crippen LogP contribution in [0.15, 0.2) is 42.7 Å². The molecular weight excluding hydrogens is 360 g/mol. The standard InChI is InChI=1S/C20H20N4O4/c1-3-11(2)17(25)19(26)23-13-6-4-5-12(7-13)16-10-22-18-15(16)8-14(9-21-18)24-20(27)28/h4-11,24H,3H2,1-2H3,(H,21,22)(H,23,26)(H,27,28). The molecule has 0 aliphatic heterocycles. The second kappa shape index (κ2) is 7.91. The van der Waals surface area contributed by atoms with E-state index in [4.69, 9.17) is 5.11 Å². The highest BCUT2D eigenvalue weighted by molar-refractivity contribution is 6.41. The number of aromatic amines is 1. The van der Waals surface area contributed by atoms with E-state index in [9.17, 15) is 14.4 Å². The molecule has 0 saturated carbocycles. The largest absolute Gasteiger partial charge is 0.465 e. The van der Waals surface area contributed by atoms with Gasteiger partial charge in [0.25, 0.3) is 5.91 Å². The Kier molecular flexibility index (Phi) is 5.39. The van der Waals surface area contributed by atoms with E-state index in [0.717, 1.165) is 16.5 Å². The van der Waals surface area contributed by atoms with E-state index in [-0.39, 0.29) is 5.92 Å². The molecule has 0 fully saturated rings. The zero-order chi connectivity index (χ0) is 20.3. The number of nitrogens with one attached hydrogen (secondary N) is 3. The number of carbonyl (C=O) groups excluding carboxylic acids is 2. The molecule has 2 amide bonds. The number of amides is 2. The van der Waals surface area contributed by atoms with Crippen molar-refractivity contribution in [3.05, 3.63) is 42.7 Å². The maximum atomic E-state index is 12.1. The van der Waals surface area contributed by atoms with E-state index in [0.29, 0.717) is 23.4 Å². The number of benzene rings is 1. The van der Waals surface area contributed by atoms with Gasteiger partial charge in [0.1, 0.15) is 5.65 Å². The molecule has 144 valence electrons. The van der Waals surface area contributed by atoms with Gasteiger partial charge in [0.15, 0.2) is 0 Å². The molecule has 3 aromatic rings. The van der Waals surface area contributed by atoms with Gasteiger partial charge in [-0.2, -0.15) is 0 Å². The Hall–Kier alpha value is -3.68. The fourth-order valence-corrected chi connectivity index (χ4v) is 2.80. The number of ketones is 1. The van der Waals surface area contributed by atoms with E-state index >= 15 is 0 Å². The van der Waals surface area contributed by atoms with E-state index < -0.39 is 17.8 Å². The lowest BCUT2D eigenvalue weighted by Crippen LogP contribution is -2.27. The summed E-state index contributed by atoms with van der Waals surface area (Å²) in [5.41, 5.74) is 3.04. The third-order valence-electron chi connectivity index (χ3n) is 4.50. The summed E-state index contributed by atoms with van der Waals surface area (Å²) in [5.74, 6) is -1.42. The molecule has 1 unspecified atom stereocenters. The van der Waals surface area contributed by atoms with Gasteiger partial charge in [0, 0.05) is 28.8 Å². The van der Waals surface area contributed by atoms with Crippen LogP contribution in [0.1, 0.15) is 20.3 Å². The van der Waals surface area contributed by atoms with Crippen LogP contribution >= 0.6 is 0 Å². The molecule has 28 heavy (non-hydrogen) atoms. The highest BCUT2D eigenvalue weighted by Crippen LogP contribution is 2.31. The monoisotopic (exact) mass is 380 g/mol. The van der Waals surface area contributed by atoms with Crippen molar-refractivity contribution < 1.29 is 19.5 Å². The van der Waals surface area contributed by atoms with Gasteiger partial charge in [-0.15, -0.1) is 0 Å². The fraction of sp³-hybridized carbons (Fsp3) is 0.200. The van der Waals surface area contributed by atoms with E-state index in [1.54, 1.807) is 37.4 Å². The molecule has 2 heterocycles. The number of Topliss-reactive ketones (excluding diaryl/α,β-unsaturated/α-hetero) is 1. The molecule has 3 rings (SSSR count). The summed E-state index contributed by atoms with van der Waals surface area (Å²) in [5, 5.41) is 14.5. The average molecular weight is 380 g/mol. The Balaban J connectivity index is 1.90. The summed E-state index contributed by atoms with van der Waals surface area (Å²) in [6, 6.07) is 8.76. The van der Waals surface area contributed by atoms with Crippen LogP contribution in [0.2, 0.25) is 0 Å². The van der Waals surface area contributed by atoms with Crippen molar-refractivity contribution in [2.24, 2.45) is 5.92 Å². The maximum absolute atomic E-state index is 12.1. The summed E-state index contributed by atoms with van der Waals surface area (Å²) in [7, 11) is 0. The van der Waals surface area contributed by atoms with Crippen molar-refractivity contribution in [1.29, 1.82) is 0 Å². The lowest BCUT2D eigenvalue weighted by atomic mass is 10.0. The van der Waals surface area contributed by atoms with E-state index in [1.165, 1.54) is 6.20 Å². The number of carboxylic acid groups (broad SMARTS) is 1. The number of anilines is 2. The minimum absolute atomic E-state index is 0.331. The Labute approximate surface area is 161 Å². The maximum Gasteiger partial charge on any atom is 0.409 e. The summed E-state index contributed by atoms with van der Waals surface area (Å²) >= 11 is 0. The average Bonchev–Trinajstić information content (AvgIpc) is 3.09. The number of hydrogen-bond donors (Lipinski definition) is 4. The van der Waals surface area contributed by atoms with Gasteiger partial charge in [-0.25, -0.2) is 9.78 Å². The molecule has 4 N–H and O–H groups in total. The van der Waals surface area contributed by atoms with E-state index in [2.05, 4.69) is 20.6 Å². The molecule has 2 aromatic heterocycles. The molecule has 0 saturated heterocycles. The zero-order valence-electron chi connectivity index (χ0n) is 15.4. The highest BCUT2D eigenvalue weighted by Gasteiger charge is 2.20. The van der Waals surface area contributed by atoms with Crippen LogP contribution in [0, 0.1) is 5.92 Å². The Morgan fingerprint density at radius 3 is 2.68 bits per heavy atom. The minimum Gasteiger partial charge on any atom is -0.465 e. The SMILES string of the molecule is CCC(C)C(=O)C(=O)Nc1cccc(-c2c[nH]c3ncc(NC(=O)O)cc23)c1. The summed E-state index contributed by atoms with van der Waals surface area (Å²) in [6.07, 6.45) is 2.61. The first-order chi connectivity index (χ1) is 13.4. The van der Waals surface area contributed by atoms with Gasteiger partial charge in [-0.05, 0) is 30.2 Å². The molecule has 1 aromatic carbocycles. The van der Waals surface area contributed by atoms with Crippen molar-refractivity contribution in [2.45, 2.75) is 20.3 Å². The fourth-order valence-electron chi connectivity index (χ4n) is 2.80. The second-order valence-corrected chi connectivity index (χ2v) is 6.46. The molecule has 0 bridgehead atoms. The molecule has 0 spiro atoms.